The third-order valence-electron chi connectivity index (χ3n) is 3.03. The molecule has 1 fully saturated rings. The van der Waals surface area contributed by atoms with Gasteiger partial charge in [0.05, 0.1) is 0 Å². The summed E-state index contributed by atoms with van der Waals surface area (Å²) in [7, 11) is 2.10. The molecule has 16 heavy (non-hydrogen) atoms. The first-order chi connectivity index (χ1) is 7.56. The van der Waals surface area contributed by atoms with Crippen molar-refractivity contribution in [2.45, 2.75) is 13.0 Å². The summed E-state index contributed by atoms with van der Waals surface area (Å²) in [5.74, 6) is -0.306. The average molecular weight is 287 g/mol. The summed E-state index contributed by atoms with van der Waals surface area (Å²) < 4.78 is 2.66. The molecule has 0 saturated carbocycles. The van der Waals surface area contributed by atoms with Gasteiger partial charge >= 0.3 is 5.97 Å². The van der Waals surface area contributed by atoms with Crippen LogP contribution in [0.5, 0.6) is 0 Å². The van der Waals surface area contributed by atoms with Gasteiger partial charge in [0.25, 0.3) is 0 Å². The Hall–Kier alpha value is -0.810. The van der Waals surface area contributed by atoms with E-state index in [-0.39, 0.29) is 0 Å². The fourth-order valence-corrected chi connectivity index (χ4v) is 2.72. The van der Waals surface area contributed by atoms with Gasteiger partial charge in [-0.25, -0.2) is 4.79 Å². The zero-order valence-corrected chi connectivity index (χ0v) is 10.8. The van der Waals surface area contributed by atoms with Crippen LogP contribution in [0.1, 0.15) is 16.9 Å². The van der Waals surface area contributed by atoms with Crippen LogP contribution in [0, 0.1) is 5.92 Å². The predicted octanol–water partition coefficient (Wildman–Crippen LogP) is 1.90. The summed E-state index contributed by atoms with van der Waals surface area (Å²) in [6.07, 6.45) is 2.99. The van der Waals surface area contributed by atoms with E-state index >= 15 is 0 Å². The second-order valence-electron chi connectivity index (χ2n) is 4.42. The lowest BCUT2D eigenvalue weighted by Gasteiger charge is -2.12. The zero-order valence-electron chi connectivity index (χ0n) is 9.19. The van der Waals surface area contributed by atoms with Gasteiger partial charge in [0, 0.05) is 23.8 Å². The molecule has 1 aliphatic rings. The van der Waals surface area contributed by atoms with Crippen LogP contribution in [0.4, 0.5) is 0 Å². The van der Waals surface area contributed by atoms with Gasteiger partial charge in [-0.1, -0.05) is 0 Å². The summed E-state index contributed by atoms with van der Waals surface area (Å²) in [4.78, 5) is 13.3. The first kappa shape index (κ1) is 11.7. The van der Waals surface area contributed by atoms with E-state index in [4.69, 9.17) is 5.11 Å². The van der Waals surface area contributed by atoms with Crippen molar-refractivity contribution in [2.24, 2.45) is 5.92 Å². The second-order valence-corrected chi connectivity index (χ2v) is 5.33. The minimum atomic E-state index is -0.864. The van der Waals surface area contributed by atoms with Crippen LogP contribution in [0.15, 0.2) is 16.7 Å². The van der Waals surface area contributed by atoms with E-state index in [1.165, 1.54) is 0 Å². The van der Waals surface area contributed by atoms with E-state index in [2.05, 4.69) is 27.9 Å². The average Bonchev–Trinajstić information content (AvgIpc) is 2.74. The number of aromatic nitrogens is 1. The van der Waals surface area contributed by atoms with Crippen LogP contribution in [0.25, 0.3) is 0 Å². The van der Waals surface area contributed by atoms with Crippen molar-refractivity contribution in [1.82, 2.24) is 9.47 Å². The van der Waals surface area contributed by atoms with Crippen molar-refractivity contribution in [1.29, 1.82) is 0 Å². The predicted molar refractivity (Wildman–Crippen MR) is 64.7 cm³/mol. The summed E-state index contributed by atoms with van der Waals surface area (Å²) >= 11 is 3.32. The van der Waals surface area contributed by atoms with E-state index in [0.717, 1.165) is 30.5 Å². The number of rotatable bonds is 3. The zero-order chi connectivity index (χ0) is 11.7. The smallest absolute Gasteiger partial charge is 0.352 e. The van der Waals surface area contributed by atoms with Gasteiger partial charge in [0.2, 0.25) is 0 Å². The Morgan fingerprint density at radius 3 is 3.00 bits per heavy atom. The summed E-state index contributed by atoms with van der Waals surface area (Å²) in [6.45, 7) is 2.95. The highest BCUT2D eigenvalue weighted by Gasteiger charge is 2.21. The number of likely N-dealkylation sites (tertiary alicyclic amines) is 1. The van der Waals surface area contributed by atoms with Crippen LogP contribution in [0.3, 0.4) is 0 Å². The highest BCUT2D eigenvalue weighted by atomic mass is 79.9. The Bertz CT molecular complexity index is 403. The number of hydrogen-bond donors (Lipinski definition) is 1. The van der Waals surface area contributed by atoms with Crippen LogP contribution < -0.4 is 0 Å². The van der Waals surface area contributed by atoms with Crippen molar-refractivity contribution in [3.05, 3.63) is 22.4 Å². The van der Waals surface area contributed by atoms with Crippen molar-refractivity contribution in [2.75, 3.05) is 20.1 Å². The monoisotopic (exact) mass is 286 g/mol. The third-order valence-corrected chi connectivity index (χ3v) is 3.46. The van der Waals surface area contributed by atoms with Gasteiger partial charge in [-0.05, 0) is 47.9 Å². The van der Waals surface area contributed by atoms with E-state index in [1.54, 1.807) is 6.07 Å². The number of nitrogens with zero attached hydrogens (tertiary/aromatic N) is 2. The lowest BCUT2D eigenvalue weighted by atomic mass is 10.1. The molecular weight excluding hydrogens is 272 g/mol. The van der Waals surface area contributed by atoms with E-state index in [1.807, 2.05) is 10.8 Å². The van der Waals surface area contributed by atoms with Gasteiger partial charge in [0.1, 0.15) is 5.69 Å². The largest absolute Gasteiger partial charge is 0.477 e. The molecule has 1 atom stereocenters. The van der Waals surface area contributed by atoms with Crippen LogP contribution >= 0.6 is 15.9 Å². The van der Waals surface area contributed by atoms with Crippen molar-refractivity contribution in [3.8, 4) is 0 Å². The van der Waals surface area contributed by atoms with Gasteiger partial charge in [-0.2, -0.15) is 0 Å². The molecule has 2 heterocycles. The molecule has 0 amide bonds. The molecule has 0 spiro atoms. The molecule has 1 aromatic rings. The van der Waals surface area contributed by atoms with E-state index in [0.29, 0.717) is 11.6 Å². The first-order valence-corrected chi connectivity index (χ1v) is 6.13. The maximum absolute atomic E-state index is 11.0. The molecule has 0 radical (unpaired) electrons. The molecule has 0 aliphatic carbocycles. The van der Waals surface area contributed by atoms with Crippen LogP contribution in [-0.2, 0) is 6.54 Å². The highest BCUT2D eigenvalue weighted by Crippen LogP contribution is 2.21. The number of halogens is 1. The SMILES string of the molecule is CN1CCC(Cn2cc(Br)cc2C(=O)O)C1. The quantitative estimate of drug-likeness (QED) is 0.923. The molecule has 0 bridgehead atoms. The topological polar surface area (TPSA) is 45.5 Å². The number of carbonyl (C=O) groups is 1. The Morgan fingerprint density at radius 1 is 1.69 bits per heavy atom. The fourth-order valence-electron chi connectivity index (χ4n) is 2.26. The lowest BCUT2D eigenvalue weighted by molar-refractivity contribution is 0.0684. The van der Waals surface area contributed by atoms with Crippen LogP contribution in [0.2, 0.25) is 0 Å². The maximum atomic E-state index is 11.0. The van der Waals surface area contributed by atoms with Gasteiger partial charge in [-0.15, -0.1) is 0 Å². The van der Waals surface area contributed by atoms with E-state index < -0.39 is 5.97 Å². The van der Waals surface area contributed by atoms with Gasteiger partial charge in [0.15, 0.2) is 0 Å². The standard InChI is InChI=1S/C11H15BrN2O2/c1-13-3-2-8(5-13)6-14-7-9(12)4-10(14)11(15)16/h4,7-8H,2-3,5-6H2,1H3,(H,15,16). The number of carboxylic acids is 1. The molecule has 1 aromatic heterocycles. The second kappa shape index (κ2) is 4.59. The Kier molecular flexibility index (Phi) is 3.35. The Labute approximate surface area is 103 Å². The summed E-state index contributed by atoms with van der Waals surface area (Å²) in [5, 5.41) is 9.05. The number of hydrogen-bond acceptors (Lipinski definition) is 2. The Balaban J connectivity index is 2.11. The fraction of sp³-hybridized carbons (Fsp3) is 0.545. The lowest BCUT2D eigenvalue weighted by Crippen LogP contribution is -2.18. The van der Waals surface area contributed by atoms with Gasteiger partial charge < -0.3 is 14.6 Å². The Morgan fingerprint density at radius 2 is 2.44 bits per heavy atom. The molecule has 1 aliphatic heterocycles. The minimum Gasteiger partial charge on any atom is -0.477 e. The van der Waals surface area contributed by atoms with Crippen molar-refractivity contribution in [3.63, 3.8) is 0 Å². The molecule has 2 rings (SSSR count). The molecule has 5 heteroatoms. The molecule has 1 unspecified atom stereocenters. The summed E-state index contributed by atoms with van der Waals surface area (Å²) in [6, 6.07) is 1.65. The van der Waals surface area contributed by atoms with Crippen LogP contribution in [-0.4, -0.2) is 40.7 Å². The normalized spacial score (nSPS) is 21.5. The van der Waals surface area contributed by atoms with Gasteiger partial charge in [-0.3, -0.25) is 0 Å². The minimum absolute atomic E-state index is 0.362. The number of aromatic carboxylic acids is 1. The first-order valence-electron chi connectivity index (χ1n) is 5.34. The molecule has 4 nitrogen and oxygen atoms in total. The van der Waals surface area contributed by atoms with E-state index in [9.17, 15) is 4.79 Å². The molecule has 0 aromatic carbocycles. The molecule has 1 saturated heterocycles. The number of carboxylic acid groups (broad SMARTS) is 1. The van der Waals surface area contributed by atoms with Crippen molar-refractivity contribution >= 4 is 21.9 Å². The molecule has 88 valence electrons. The summed E-state index contributed by atoms with van der Waals surface area (Å²) in [5.41, 5.74) is 0.362. The van der Waals surface area contributed by atoms with Crippen molar-refractivity contribution < 1.29 is 9.90 Å². The molecular formula is C11H15BrN2O2. The molecule has 1 N–H and O–H groups in total. The highest BCUT2D eigenvalue weighted by molar-refractivity contribution is 9.10. The third kappa shape index (κ3) is 2.47. The maximum Gasteiger partial charge on any atom is 0.352 e.